The molecule has 1 aromatic heterocycles. The smallest absolute Gasteiger partial charge is 0.327 e. The monoisotopic (exact) mass is 253 g/mol. The SMILES string of the molecule is CCOC(=O)C(C)(N)Cn1nc(CC)cc1CC. The summed E-state index contributed by atoms with van der Waals surface area (Å²) in [6, 6.07) is 2.06. The number of esters is 1. The van der Waals surface area contributed by atoms with Crippen molar-refractivity contribution in [2.45, 2.75) is 52.6 Å². The molecule has 1 aromatic rings. The maximum absolute atomic E-state index is 11.8. The Morgan fingerprint density at radius 1 is 1.44 bits per heavy atom. The zero-order valence-electron chi connectivity index (χ0n) is 11.7. The molecule has 0 radical (unpaired) electrons. The molecule has 0 saturated carbocycles. The van der Waals surface area contributed by atoms with Gasteiger partial charge in [0.15, 0.2) is 0 Å². The normalized spacial score (nSPS) is 14.3. The quantitative estimate of drug-likeness (QED) is 0.775. The highest BCUT2D eigenvalue weighted by Crippen LogP contribution is 2.12. The van der Waals surface area contributed by atoms with Gasteiger partial charge in [0.05, 0.1) is 18.8 Å². The Hall–Kier alpha value is -1.36. The highest BCUT2D eigenvalue weighted by Gasteiger charge is 2.31. The van der Waals surface area contributed by atoms with Gasteiger partial charge >= 0.3 is 5.97 Å². The van der Waals surface area contributed by atoms with Crippen LogP contribution in [0.4, 0.5) is 0 Å². The molecule has 18 heavy (non-hydrogen) atoms. The zero-order valence-corrected chi connectivity index (χ0v) is 11.7. The van der Waals surface area contributed by atoms with Crippen LogP contribution in [0.5, 0.6) is 0 Å². The Labute approximate surface area is 108 Å². The summed E-state index contributed by atoms with van der Waals surface area (Å²) >= 11 is 0. The van der Waals surface area contributed by atoms with Crippen molar-refractivity contribution in [1.29, 1.82) is 0 Å². The van der Waals surface area contributed by atoms with Gasteiger partial charge in [-0.3, -0.25) is 4.68 Å². The van der Waals surface area contributed by atoms with E-state index in [4.69, 9.17) is 10.5 Å². The highest BCUT2D eigenvalue weighted by molar-refractivity contribution is 5.79. The van der Waals surface area contributed by atoms with E-state index in [9.17, 15) is 4.79 Å². The van der Waals surface area contributed by atoms with E-state index in [1.54, 1.807) is 13.8 Å². The van der Waals surface area contributed by atoms with Gasteiger partial charge in [-0.2, -0.15) is 5.10 Å². The van der Waals surface area contributed by atoms with E-state index in [1.165, 1.54) is 0 Å². The number of nitrogens with zero attached hydrogens (tertiary/aromatic N) is 2. The summed E-state index contributed by atoms with van der Waals surface area (Å²) < 4.78 is 6.80. The summed E-state index contributed by atoms with van der Waals surface area (Å²) in [5, 5.41) is 4.46. The molecule has 0 aromatic carbocycles. The van der Waals surface area contributed by atoms with Gasteiger partial charge in [0.1, 0.15) is 5.54 Å². The maximum atomic E-state index is 11.8. The van der Waals surface area contributed by atoms with E-state index < -0.39 is 5.54 Å². The van der Waals surface area contributed by atoms with E-state index >= 15 is 0 Å². The molecule has 0 spiro atoms. The van der Waals surface area contributed by atoms with Crippen LogP contribution in [0.3, 0.4) is 0 Å². The fraction of sp³-hybridized carbons (Fsp3) is 0.692. The van der Waals surface area contributed by atoms with Crippen molar-refractivity contribution in [2.24, 2.45) is 5.73 Å². The number of hydrogen-bond donors (Lipinski definition) is 1. The fourth-order valence-corrected chi connectivity index (χ4v) is 1.78. The number of carbonyl (C=O) groups excluding carboxylic acids is 1. The Morgan fingerprint density at radius 3 is 2.61 bits per heavy atom. The summed E-state index contributed by atoms with van der Waals surface area (Å²) in [5.41, 5.74) is 7.08. The number of aromatic nitrogens is 2. The third-order valence-electron chi connectivity index (χ3n) is 2.86. The summed E-state index contributed by atoms with van der Waals surface area (Å²) in [5.74, 6) is -0.388. The maximum Gasteiger partial charge on any atom is 0.327 e. The van der Waals surface area contributed by atoms with Gasteiger partial charge in [-0.05, 0) is 32.8 Å². The first-order valence-electron chi connectivity index (χ1n) is 6.46. The predicted octanol–water partition coefficient (Wildman–Crippen LogP) is 1.29. The van der Waals surface area contributed by atoms with Crippen LogP contribution in [0.2, 0.25) is 0 Å². The molecule has 1 atom stereocenters. The van der Waals surface area contributed by atoms with Gasteiger partial charge in [-0.15, -0.1) is 0 Å². The molecule has 0 fully saturated rings. The zero-order chi connectivity index (χ0) is 13.8. The van der Waals surface area contributed by atoms with Crippen LogP contribution >= 0.6 is 0 Å². The molecule has 0 amide bonds. The van der Waals surface area contributed by atoms with Crippen molar-refractivity contribution in [2.75, 3.05) is 6.61 Å². The van der Waals surface area contributed by atoms with Crippen LogP contribution in [0.25, 0.3) is 0 Å². The van der Waals surface area contributed by atoms with Crippen LogP contribution < -0.4 is 5.73 Å². The van der Waals surface area contributed by atoms with E-state index in [0.717, 1.165) is 24.2 Å². The molecular formula is C13H23N3O2. The van der Waals surface area contributed by atoms with Gasteiger partial charge < -0.3 is 10.5 Å². The van der Waals surface area contributed by atoms with Gasteiger partial charge in [0.25, 0.3) is 0 Å². The number of nitrogens with two attached hydrogens (primary N) is 1. The predicted molar refractivity (Wildman–Crippen MR) is 70.2 cm³/mol. The molecule has 0 bridgehead atoms. The van der Waals surface area contributed by atoms with Gasteiger partial charge in [-0.25, -0.2) is 4.79 Å². The largest absolute Gasteiger partial charge is 0.465 e. The third kappa shape index (κ3) is 3.32. The lowest BCUT2D eigenvalue weighted by Crippen LogP contribution is -2.50. The van der Waals surface area contributed by atoms with Gasteiger partial charge in [-0.1, -0.05) is 13.8 Å². The second-order valence-electron chi connectivity index (χ2n) is 4.63. The number of hydrogen-bond acceptors (Lipinski definition) is 4. The first kappa shape index (κ1) is 14.7. The van der Waals surface area contributed by atoms with Crippen LogP contribution in [-0.2, 0) is 28.9 Å². The Morgan fingerprint density at radius 2 is 2.11 bits per heavy atom. The lowest BCUT2D eigenvalue weighted by atomic mass is 10.0. The van der Waals surface area contributed by atoms with Crippen LogP contribution in [0.15, 0.2) is 6.07 Å². The standard InChI is InChI=1S/C13H23N3O2/c1-5-10-8-11(6-2)16(15-10)9-13(4,14)12(17)18-7-3/h8H,5-7,9,14H2,1-4H3. The first-order chi connectivity index (χ1) is 8.44. The van der Waals surface area contributed by atoms with Crippen molar-refractivity contribution in [3.05, 3.63) is 17.5 Å². The molecule has 1 unspecified atom stereocenters. The Kier molecular flexibility index (Phi) is 4.90. The van der Waals surface area contributed by atoms with E-state index in [-0.39, 0.29) is 5.97 Å². The van der Waals surface area contributed by atoms with Crippen molar-refractivity contribution >= 4 is 5.97 Å². The summed E-state index contributed by atoms with van der Waals surface area (Å²) in [6.07, 6.45) is 1.74. The fourth-order valence-electron chi connectivity index (χ4n) is 1.78. The lowest BCUT2D eigenvalue weighted by molar-refractivity contribution is -0.149. The van der Waals surface area contributed by atoms with E-state index in [2.05, 4.69) is 25.0 Å². The second-order valence-corrected chi connectivity index (χ2v) is 4.63. The van der Waals surface area contributed by atoms with Crippen LogP contribution in [0.1, 0.15) is 39.1 Å². The van der Waals surface area contributed by atoms with Gasteiger partial charge in [0.2, 0.25) is 0 Å². The molecule has 102 valence electrons. The number of aryl methyl sites for hydroxylation is 2. The molecule has 1 rings (SSSR count). The Bertz CT molecular complexity index is 410. The summed E-state index contributed by atoms with van der Waals surface area (Å²) in [6.45, 7) is 8.25. The Balaban J connectivity index is 2.88. The lowest BCUT2D eigenvalue weighted by Gasteiger charge is -2.23. The van der Waals surface area contributed by atoms with Crippen molar-refractivity contribution < 1.29 is 9.53 Å². The molecule has 2 N–H and O–H groups in total. The molecule has 0 aliphatic carbocycles. The number of carbonyl (C=O) groups is 1. The van der Waals surface area contributed by atoms with Crippen LogP contribution in [0, 0.1) is 0 Å². The molecule has 0 saturated heterocycles. The minimum absolute atomic E-state index is 0.339. The van der Waals surface area contributed by atoms with Crippen molar-refractivity contribution in [3.8, 4) is 0 Å². The average Bonchev–Trinajstić information content (AvgIpc) is 2.71. The average molecular weight is 253 g/mol. The molecule has 5 nitrogen and oxygen atoms in total. The number of ether oxygens (including phenoxy) is 1. The van der Waals surface area contributed by atoms with Crippen molar-refractivity contribution in [3.63, 3.8) is 0 Å². The topological polar surface area (TPSA) is 70.1 Å². The van der Waals surface area contributed by atoms with E-state index in [0.29, 0.717) is 13.2 Å². The molecule has 5 heteroatoms. The number of rotatable bonds is 6. The minimum Gasteiger partial charge on any atom is -0.465 e. The minimum atomic E-state index is -1.04. The second kappa shape index (κ2) is 6.00. The highest BCUT2D eigenvalue weighted by atomic mass is 16.5. The third-order valence-corrected chi connectivity index (χ3v) is 2.86. The van der Waals surface area contributed by atoms with Gasteiger partial charge in [0, 0.05) is 5.69 Å². The van der Waals surface area contributed by atoms with E-state index in [1.807, 2.05) is 4.68 Å². The summed E-state index contributed by atoms with van der Waals surface area (Å²) in [7, 11) is 0. The first-order valence-corrected chi connectivity index (χ1v) is 6.46. The molecule has 1 heterocycles. The molecule has 0 aliphatic rings. The van der Waals surface area contributed by atoms with Crippen molar-refractivity contribution in [1.82, 2.24) is 9.78 Å². The molecule has 0 aliphatic heterocycles. The molecular weight excluding hydrogens is 230 g/mol. The van der Waals surface area contributed by atoms with Crippen LogP contribution in [-0.4, -0.2) is 27.9 Å². The summed E-state index contributed by atoms with van der Waals surface area (Å²) in [4.78, 5) is 11.8.